The fourth-order valence-electron chi connectivity index (χ4n) is 3.31. The maximum absolute atomic E-state index is 3.28. The van der Waals surface area contributed by atoms with Gasteiger partial charge in [0.05, 0.1) is 0 Å². The van der Waals surface area contributed by atoms with Gasteiger partial charge in [0.1, 0.15) is 0 Å². The molecule has 1 aromatic rings. The molecule has 3 rings (SSSR count). The van der Waals surface area contributed by atoms with Crippen LogP contribution in [0.1, 0.15) is 37.2 Å². The Morgan fingerprint density at radius 3 is 2.83 bits per heavy atom. The van der Waals surface area contributed by atoms with Crippen LogP contribution in [0.2, 0.25) is 0 Å². The second-order valence-electron chi connectivity index (χ2n) is 5.85. The van der Waals surface area contributed by atoms with Gasteiger partial charge in [-0.15, -0.1) is 0 Å². The topological polar surface area (TPSA) is 15.3 Å². The van der Waals surface area contributed by atoms with E-state index in [1.165, 1.54) is 44.5 Å². The SMILES string of the molecule is CNCCC1CN(CC2CCC2)c2ccccc21. The molecule has 1 saturated carbocycles. The second-order valence-corrected chi connectivity index (χ2v) is 5.85. The fraction of sp³-hybridized carbons (Fsp3) is 0.625. The number of hydrogen-bond acceptors (Lipinski definition) is 2. The normalized spacial score (nSPS) is 22.9. The van der Waals surface area contributed by atoms with Crippen molar-refractivity contribution in [3.8, 4) is 0 Å². The van der Waals surface area contributed by atoms with Gasteiger partial charge < -0.3 is 10.2 Å². The largest absolute Gasteiger partial charge is 0.370 e. The van der Waals surface area contributed by atoms with Gasteiger partial charge in [-0.1, -0.05) is 24.6 Å². The van der Waals surface area contributed by atoms with Crippen molar-refractivity contribution in [2.24, 2.45) is 5.92 Å². The summed E-state index contributed by atoms with van der Waals surface area (Å²) in [7, 11) is 2.05. The number of anilines is 1. The van der Waals surface area contributed by atoms with Crippen molar-refractivity contribution in [3.63, 3.8) is 0 Å². The van der Waals surface area contributed by atoms with Gasteiger partial charge in [0.25, 0.3) is 0 Å². The van der Waals surface area contributed by atoms with Gasteiger partial charge in [0.2, 0.25) is 0 Å². The zero-order chi connectivity index (χ0) is 12.4. The predicted molar refractivity (Wildman–Crippen MR) is 77.3 cm³/mol. The van der Waals surface area contributed by atoms with Crippen molar-refractivity contribution in [1.29, 1.82) is 0 Å². The fourth-order valence-corrected chi connectivity index (χ4v) is 3.31. The van der Waals surface area contributed by atoms with E-state index < -0.39 is 0 Å². The maximum atomic E-state index is 3.28. The Hall–Kier alpha value is -1.02. The Kier molecular flexibility index (Phi) is 3.55. The van der Waals surface area contributed by atoms with Crippen LogP contribution in [0.4, 0.5) is 5.69 Å². The summed E-state index contributed by atoms with van der Waals surface area (Å²) in [4.78, 5) is 2.64. The van der Waals surface area contributed by atoms with Crippen LogP contribution in [0.15, 0.2) is 24.3 Å². The molecule has 2 heteroatoms. The van der Waals surface area contributed by atoms with E-state index in [1.54, 1.807) is 5.56 Å². The highest BCUT2D eigenvalue weighted by molar-refractivity contribution is 5.60. The van der Waals surface area contributed by atoms with Crippen LogP contribution in [0, 0.1) is 5.92 Å². The molecule has 0 bridgehead atoms. The van der Waals surface area contributed by atoms with E-state index in [0.717, 1.165) is 18.4 Å². The molecular formula is C16H24N2. The molecule has 0 saturated heterocycles. The van der Waals surface area contributed by atoms with Gasteiger partial charge in [-0.05, 0) is 50.4 Å². The van der Waals surface area contributed by atoms with Crippen molar-refractivity contribution < 1.29 is 0 Å². The predicted octanol–water partition coefficient (Wildman–Crippen LogP) is 3.00. The monoisotopic (exact) mass is 244 g/mol. The molecule has 1 aromatic carbocycles. The van der Waals surface area contributed by atoms with Gasteiger partial charge in [-0.2, -0.15) is 0 Å². The molecule has 1 heterocycles. The van der Waals surface area contributed by atoms with Gasteiger partial charge in [0.15, 0.2) is 0 Å². The van der Waals surface area contributed by atoms with E-state index in [0.29, 0.717) is 0 Å². The number of fused-ring (bicyclic) bond motifs is 1. The lowest BCUT2D eigenvalue weighted by Crippen LogP contribution is -2.32. The summed E-state index contributed by atoms with van der Waals surface area (Å²) in [5.74, 6) is 1.69. The first kappa shape index (κ1) is 12.0. The number of hydrogen-bond donors (Lipinski definition) is 1. The van der Waals surface area contributed by atoms with Crippen molar-refractivity contribution in [2.45, 2.75) is 31.6 Å². The van der Waals surface area contributed by atoms with Crippen molar-refractivity contribution >= 4 is 5.69 Å². The van der Waals surface area contributed by atoms with Crippen LogP contribution in [-0.2, 0) is 0 Å². The third kappa shape index (κ3) is 2.26. The second kappa shape index (κ2) is 5.31. The minimum Gasteiger partial charge on any atom is -0.370 e. The molecule has 18 heavy (non-hydrogen) atoms. The lowest BCUT2D eigenvalue weighted by molar-refractivity contribution is 0.318. The lowest BCUT2D eigenvalue weighted by Gasteiger charge is -2.31. The van der Waals surface area contributed by atoms with Crippen LogP contribution in [0.25, 0.3) is 0 Å². The first-order valence-electron chi connectivity index (χ1n) is 7.37. The minimum absolute atomic E-state index is 0.730. The highest BCUT2D eigenvalue weighted by Gasteiger charge is 2.30. The van der Waals surface area contributed by atoms with Crippen LogP contribution < -0.4 is 10.2 Å². The number of rotatable bonds is 5. The molecule has 1 N–H and O–H groups in total. The zero-order valence-corrected chi connectivity index (χ0v) is 11.4. The molecule has 1 aliphatic carbocycles. The summed E-state index contributed by atoms with van der Waals surface area (Å²) in [6.07, 6.45) is 5.59. The third-order valence-corrected chi connectivity index (χ3v) is 4.60. The average Bonchev–Trinajstić information content (AvgIpc) is 2.70. The minimum atomic E-state index is 0.730. The molecule has 2 nitrogen and oxygen atoms in total. The van der Waals surface area contributed by atoms with E-state index >= 15 is 0 Å². The van der Waals surface area contributed by atoms with Crippen molar-refractivity contribution in [2.75, 3.05) is 31.6 Å². The van der Waals surface area contributed by atoms with E-state index in [2.05, 4.69) is 34.5 Å². The van der Waals surface area contributed by atoms with Crippen LogP contribution >= 0.6 is 0 Å². The molecule has 1 fully saturated rings. The summed E-state index contributed by atoms with van der Waals surface area (Å²) in [6, 6.07) is 9.02. The molecule has 1 unspecified atom stereocenters. The van der Waals surface area contributed by atoms with Crippen LogP contribution in [0.5, 0.6) is 0 Å². The summed E-state index contributed by atoms with van der Waals surface area (Å²) < 4.78 is 0. The third-order valence-electron chi connectivity index (χ3n) is 4.60. The molecule has 2 aliphatic rings. The van der Waals surface area contributed by atoms with E-state index in [4.69, 9.17) is 0 Å². The van der Waals surface area contributed by atoms with E-state index in [9.17, 15) is 0 Å². The molecule has 0 aromatic heterocycles. The maximum Gasteiger partial charge on any atom is 0.0402 e. The van der Waals surface area contributed by atoms with Crippen molar-refractivity contribution in [1.82, 2.24) is 5.32 Å². The first-order valence-corrected chi connectivity index (χ1v) is 7.37. The quantitative estimate of drug-likeness (QED) is 0.856. The van der Waals surface area contributed by atoms with Crippen molar-refractivity contribution in [3.05, 3.63) is 29.8 Å². The number of para-hydroxylation sites is 1. The molecule has 1 atom stereocenters. The van der Waals surface area contributed by atoms with Crippen LogP contribution in [0.3, 0.4) is 0 Å². The molecule has 0 amide bonds. The standard InChI is InChI=1S/C16H24N2/c1-17-10-9-14-12-18(11-13-5-4-6-13)16-8-3-2-7-15(14)16/h2-3,7-8,13-14,17H,4-6,9-12H2,1H3. The highest BCUT2D eigenvalue weighted by atomic mass is 15.2. The molecule has 98 valence electrons. The van der Waals surface area contributed by atoms with Crippen LogP contribution in [-0.4, -0.2) is 26.7 Å². The Balaban J connectivity index is 1.73. The summed E-state index contributed by atoms with van der Waals surface area (Å²) >= 11 is 0. The summed E-state index contributed by atoms with van der Waals surface area (Å²) in [6.45, 7) is 3.64. The first-order chi connectivity index (χ1) is 8.88. The zero-order valence-electron chi connectivity index (χ0n) is 11.4. The summed E-state index contributed by atoms with van der Waals surface area (Å²) in [5.41, 5.74) is 3.08. The Morgan fingerprint density at radius 2 is 2.11 bits per heavy atom. The molecule has 1 aliphatic heterocycles. The van der Waals surface area contributed by atoms with Gasteiger partial charge in [-0.25, -0.2) is 0 Å². The molecule has 0 spiro atoms. The lowest BCUT2D eigenvalue weighted by atomic mass is 9.85. The van der Waals surface area contributed by atoms with Gasteiger partial charge in [0, 0.05) is 24.7 Å². The average molecular weight is 244 g/mol. The smallest absolute Gasteiger partial charge is 0.0402 e. The highest BCUT2D eigenvalue weighted by Crippen LogP contribution is 2.39. The Morgan fingerprint density at radius 1 is 1.28 bits per heavy atom. The molecular weight excluding hydrogens is 220 g/mol. The van der Waals surface area contributed by atoms with E-state index in [-0.39, 0.29) is 0 Å². The number of benzene rings is 1. The van der Waals surface area contributed by atoms with Gasteiger partial charge >= 0.3 is 0 Å². The number of nitrogens with zero attached hydrogens (tertiary/aromatic N) is 1. The van der Waals surface area contributed by atoms with E-state index in [1.807, 2.05) is 7.05 Å². The number of nitrogens with one attached hydrogen (secondary N) is 1. The molecule has 0 radical (unpaired) electrons. The Labute approximate surface area is 110 Å². The summed E-state index contributed by atoms with van der Waals surface area (Å²) in [5, 5.41) is 3.28. The Bertz CT molecular complexity index is 398. The van der Waals surface area contributed by atoms with Gasteiger partial charge in [-0.3, -0.25) is 0 Å².